The van der Waals surface area contributed by atoms with Crippen molar-refractivity contribution in [1.29, 1.82) is 0 Å². The van der Waals surface area contributed by atoms with Crippen molar-refractivity contribution in [1.82, 2.24) is 10.2 Å². The normalized spacial score (nSPS) is 16.7. The van der Waals surface area contributed by atoms with Crippen LogP contribution >= 0.6 is 0 Å². The number of hydrogen-bond acceptors (Lipinski definition) is 4. The molecule has 0 radical (unpaired) electrons. The first-order valence-electron chi connectivity index (χ1n) is 9.42. The van der Waals surface area contributed by atoms with Crippen molar-refractivity contribution < 1.29 is 14.3 Å². The van der Waals surface area contributed by atoms with Crippen molar-refractivity contribution in [3.8, 4) is 11.5 Å². The predicted molar refractivity (Wildman–Crippen MR) is 105 cm³/mol. The monoisotopic (exact) mass is 360 g/mol. The number of carbonyl (C=O) groups excluding carboxylic acids is 1. The van der Waals surface area contributed by atoms with Gasteiger partial charge in [0, 0.05) is 12.6 Å². The van der Waals surface area contributed by atoms with E-state index in [0.717, 1.165) is 50.3 Å². The van der Waals surface area contributed by atoms with Crippen molar-refractivity contribution in [2.75, 3.05) is 33.9 Å². The topological polar surface area (TPSA) is 50.8 Å². The van der Waals surface area contributed by atoms with E-state index < -0.39 is 0 Å². The third-order valence-electron chi connectivity index (χ3n) is 5.25. The van der Waals surface area contributed by atoms with Gasteiger partial charge in [0.15, 0.2) is 0 Å². The summed E-state index contributed by atoms with van der Waals surface area (Å²) in [6.07, 6.45) is 6.17. The molecule has 26 heavy (non-hydrogen) atoms. The minimum absolute atomic E-state index is 0.0708. The number of aryl methyl sites for hydroxylation is 1. The van der Waals surface area contributed by atoms with E-state index in [2.05, 4.69) is 28.9 Å². The smallest absolute Gasteiger partial charge is 0.237 e. The van der Waals surface area contributed by atoms with Gasteiger partial charge in [-0.2, -0.15) is 0 Å². The number of nitrogens with zero attached hydrogens (tertiary/aromatic N) is 1. The lowest BCUT2D eigenvalue weighted by atomic mass is 9.90. The van der Waals surface area contributed by atoms with Crippen LogP contribution in [0, 0.1) is 5.92 Å². The van der Waals surface area contributed by atoms with E-state index in [9.17, 15) is 4.79 Å². The second kappa shape index (κ2) is 10.2. The highest BCUT2D eigenvalue weighted by atomic mass is 16.5. The number of rotatable bonds is 9. The maximum atomic E-state index is 12.1. The van der Waals surface area contributed by atoms with Crippen LogP contribution in [0.1, 0.15) is 31.7 Å². The zero-order chi connectivity index (χ0) is 18.9. The van der Waals surface area contributed by atoms with Crippen LogP contribution in [-0.4, -0.2) is 50.7 Å². The average Bonchev–Trinajstić information content (AvgIpc) is 2.69. The molecule has 5 nitrogen and oxygen atoms in total. The molecule has 1 aromatic carbocycles. The number of hydrogen-bond donors (Lipinski definition) is 1. The quantitative estimate of drug-likeness (QED) is 0.688. The molecule has 1 saturated heterocycles. The molecule has 1 atom stereocenters. The van der Waals surface area contributed by atoms with Crippen molar-refractivity contribution in [2.45, 2.75) is 38.6 Å². The number of piperidine rings is 1. The minimum Gasteiger partial charge on any atom is -0.497 e. The molecule has 1 aliphatic heterocycles. The SMILES string of the molecule is C=CCNC(=O)[C@H](C)N1CCC(CCc2cc(OC)cc(OC)c2)CC1. The molecular weight excluding hydrogens is 328 g/mol. The van der Waals surface area contributed by atoms with Gasteiger partial charge in [-0.15, -0.1) is 6.58 Å². The lowest BCUT2D eigenvalue weighted by molar-refractivity contribution is -0.126. The van der Waals surface area contributed by atoms with Crippen LogP contribution in [0.2, 0.25) is 0 Å². The van der Waals surface area contributed by atoms with Gasteiger partial charge in [0.1, 0.15) is 11.5 Å². The van der Waals surface area contributed by atoms with Crippen molar-refractivity contribution in [3.05, 3.63) is 36.4 Å². The van der Waals surface area contributed by atoms with Crippen LogP contribution in [0.4, 0.5) is 0 Å². The van der Waals surface area contributed by atoms with E-state index in [-0.39, 0.29) is 11.9 Å². The number of methoxy groups -OCH3 is 2. The van der Waals surface area contributed by atoms with E-state index in [1.807, 2.05) is 13.0 Å². The summed E-state index contributed by atoms with van der Waals surface area (Å²) in [6, 6.07) is 6.01. The summed E-state index contributed by atoms with van der Waals surface area (Å²) in [5, 5.41) is 2.89. The van der Waals surface area contributed by atoms with Crippen molar-refractivity contribution in [3.63, 3.8) is 0 Å². The largest absolute Gasteiger partial charge is 0.497 e. The van der Waals surface area contributed by atoms with Crippen LogP contribution in [0.15, 0.2) is 30.9 Å². The van der Waals surface area contributed by atoms with Gasteiger partial charge < -0.3 is 14.8 Å². The van der Waals surface area contributed by atoms with Crippen molar-refractivity contribution in [2.24, 2.45) is 5.92 Å². The van der Waals surface area contributed by atoms with E-state index in [0.29, 0.717) is 12.5 Å². The first kappa shape index (κ1) is 20.3. The van der Waals surface area contributed by atoms with E-state index >= 15 is 0 Å². The molecule has 0 aliphatic carbocycles. The molecule has 0 spiro atoms. The van der Waals surface area contributed by atoms with Gasteiger partial charge in [-0.25, -0.2) is 0 Å². The molecule has 0 saturated carbocycles. The Kier molecular flexibility index (Phi) is 7.98. The predicted octanol–water partition coefficient (Wildman–Crippen LogP) is 3.04. The average molecular weight is 360 g/mol. The Morgan fingerprint density at radius 1 is 1.27 bits per heavy atom. The van der Waals surface area contributed by atoms with Gasteiger partial charge in [-0.05, 0) is 69.3 Å². The Labute approximate surface area is 157 Å². The fraction of sp³-hybridized carbons (Fsp3) is 0.571. The Hall–Kier alpha value is -2.01. The Balaban J connectivity index is 1.80. The van der Waals surface area contributed by atoms with Crippen LogP contribution in [-0.2, 0) is 11.2 Å². The molecule has 144 valence electrons. The highest BCUT2D eigenvalue weighted by Crippen LogP contribution is 2.27. The zero-order valence-electron chi connectivity index (χ0n) is 16.3. The third-order valence-corrected chi connectivity index (χ3v) is 5.25. The van der Waals surface area contributed by atoms with Gasteiger partial charge >= 0.3 is 0 Å². The van der Waals surface area contributed by atoms with Gasteiger partial charge in [0.05, 0.1) is 20.3 Å². The van der Waals surface area contributed by atoms with E-state index in [4.69, 9.17) is 9.47 Å². The minimum atomic E-state index is -0.0708. The maximum Gasteiger partial charge on any atom is 0.237 e. The van der Waals surface area contributed by atoms with E-state index in [1.54, 1.807) is 20.3 Å². The van der Waals surface area contributed by atoms with Gasteiger partial charge in [-0.3, -0.25) is 9.69 Å². The molecule has 1 aliphatic rings. The standard InChI is InChI=1S/C21H32N2O3/c1-5-10-22-21(24)16(2)23-11-8-17(9-12-23)6-7-18-13-19(25-3)15-20(14-18)26-4/h5,13-17H,1,6-12H2,2-4H3,(H,22,24)/t16-/m0/s1. The molecule has 1 amide bonds. The Morgan fingerprint density at radius 2 is 1.88 bits per heavy atom. The highest BCUT2D eigenvalue weighted by molar-refractivity contribution is 5.81. The van der Waals surface area contributed by atoms with Gasteiger partial charge in [0.2, 0.25) is 5.91 Å². The lowest BCUT2D eigenvalue weighted by Crippen LogP contribution is -2.48. The van der Waals surface area contributed by atoms with E-state index in [1.165, 1.54) is 5.56 Å². The summed E-state index contributed by atoms with van der Waals surface area (Å²) in [6.45, 7) is 8.12. The summed E-state index contributed by atoms with van der Waals surface area (Å²) in [5.74, 6) is 2.47. The first-order valence-corrected chi connectivity index (χ1v) is 9.42. The summed E-state index contributed by atoms with van der Waals surface area (Å²) < 4.78 is 10.7. The molecule has 0 bridgehead atoms. The number of amides is 1. The molecule has 1 N–H and O–H groups in total. The van der Waals surface area contributed by atoms with Gasteiger partial charge in [0.25, 0.3) is 0 Å². The summed E-state index contributed by atoms with van der Waals surface area (Å²) in [4.78, 5) is 14.4. The van der Waals surface area contributed by atoms with Gasteiger partial charge in [-0.1, -0.05) is 6.08 Å². The fourth-order valence-corrected chi connectivity index (χ4v) is 3.50. The molecule has 1 fully saturated rings. The second-order valence-electron chi connectivity index (χ2n) is 6.95. The number of likely N-dealkylation sites (tertiary alicyclic amines) is 1. The molecule has 0 unspecified atom stereocenters. The van der Waals surface area contributed by atoms with Crippen LogP contribution in [0.3, 0.4) is 0 Å². The molecule has 2 rings (SSSR count). The lowest BCUT2D eigenvalue weighted by Gasteiger charge is -2.35. The summed E-state index contributed by atoms with van der Waals surface area (Å²) in [5.41, 5.74) is 1.25. The number of ether oxygens (including phenoxy) is 2. The fourth-order valence-electron chi connectivity index (χ4n) is 3.50. The van der Waals surface area contributed by atoms with Crippen LogP contribution in [0.25, 0.3) is 0 Å². The molecule has 5 heteroatoms. The second-order valence-corrected chi connectivity index (χ2v) is 6.95. The van der Waals surface area contributed by atoms with Crippen LogP contribution < -0.4 is 14.8 Å². The third kappa shape index (κ3) is 5.77. The number of benzene rings is 1. The Bertz CT molecular complexity index is 573. The molecule has 1 aromatic rings. The Morgan fingerprint density at radius 3 is 2.42 bits per heavy atom. The highest BCUT2D eigenvalue weighted by Gasteiger charge is 2.26. The summed E-state index contributed by atoms with van der Waals surface area (Å²) in [7, 11) is 3.36. The number of carbonyl (C=O) groups is 1. The summed E-state index contributed by atoms with van der Waals surface area (Å²) >= 11 is 0. The molecule has 0 aromatic heterocycles. The maximum absolute atomic E-state index is 12.1. The molecular formula is C21H32N2O3. The number of nitrogens with one attached hydrogen (secondary N) is 1. The zero-order valence-corrected chi connectivity index (χ0v) is 16.3. The molecule has 1 heterocycles. The van der Waals surface area contributed by atoms with Crippen molar-refractivity contribution >= 4 is 5.91 Å². The van der Waals surface area contributed by atoms with Crippen LogP contribution in [0.5, 0.6) is 11.5 Å². The first-order chi connectivity index (χ1) is 12.6.